The second-order valence-electron chi connectivity index (χ2n) is 7.00. The number of hydrogen-bond donors (Lipinski definition) is 0. The predicted molar refractivity (Wildman–Crippen MR) is 114 cm³/mol. The van der Waals surface area contributed by atoms with E-state index < -0.39 is 10.0 Å². The second kappa shape index (κ2) is 8.85. The van der Waals surface area contributed by atoms with E-state index in [-0.39, 0.29) is 5.92 Å². The maximum Gasteiger partial charge on any atom is 0.252 e. The number of rotatable bonds is 7. The van der Waals surface area contributed by atoms with Crippen LogP contribution in [0.1, 0.15) is 24.7 Å². The molecule has 0 aliphatic carbocycles. The Morgan fingerprint density at radius 2 is 1.90 bits per heavy atom. The molecule has 1 fully saturated rings. The van der Waals surface area contributed by atoms with Gasteiger partial charge in [-0.1, -0.05) is 11.2 Å². The Morgan fingerprint density at radius 1 is 1.16 bits per heavy atom. The number of hydrogen-bond acceptors (Lipinski definition) is 9. The molecule has 0 saturated carbocycles. The van der Waals surface area contributed by atoms with Gasteiger partial charge in [0.25, 0.3) is 10.0 Å². The molecule has 31 heavy (non-hydrogen) atoms. The first-order valence-corrected chi connectivity index (χ1v) is 12.0. The summed E-state index contributed by atoms with van der Waals surface area (Å²) < 4.78 is 49.3. The molecule has 1 aromatic carbocycles. The maximum absolute atomic E-state index is 12.9. The molecular weight excluding hydrogens is 442 g/mol. The van der Waals surface area contributed by atoms with E-state index in [1.807, 2.05) is 0 Å². The number of methoxy groups -OCH3 is 3. The Labute approximate surface area is 184 Å². The molecule has 3 heterocycles. The van der Waals surface area contributed by atoms with Crippen LogP contribution in [0.3, 0.4) is 0 Å². The van der Waals surface area contributed by atoms with E-state index in [0.717, 1.165) is 12.8 Å². The quantitative estimate of drug-likeness (QED) is 0.523. The molecule has 9 nitrogen and oxygen atoms in total. The molecule has 1 atom stereocenters. The van der Waals surface area contributed by atoms with E-state index in [2.05, 4.69) is 10.1 Å². The first-order valence-electron chi connectivity index (χ1n) is 9.65. The van der Waals surface area contributed by atoms with Crippen LogP contribution in [0, 0.1) is 0 Å². The molecule has 11 heteroatoms. The molecule has 1 aliphatic rings. The van der Waals surface area contributed by atoms with Crippen LogP contribution in [0.25, 0.3) is 11.4 Å². The molecule has 1 saturated heterocycles. The summed E-state index contributed by atoms with van der Waals surface area (Å²) in [7, 11) is 1.09. The summed E-state index contributed by atoms with van der Waals surface area (Å²) in [6.07, 6.45) is 1.49. The molecular formula is C20H23N3O6S2. The minimum absolute atomic E-state index is 0.174. The SMILES string of the molecule is COc1cc(-c2noc([C@H]3CCCN(S(=O)(=O)c4cccs4)C3)n2)cc(OC)c1OC. The van der Waals surface area contributed by atoms with Crippen molar-refractivity contribution in [3.63, 3.8) is 0 Å². The fraction of sp³-hybridized carbons (Fsp3) is 0.400. The van der Waals surface area contributed by atoms with E-state index in [0.29, 0.717) is 51.8 Å². The number of piperidine rings is 1. The average Bonchev–Trinajstić information content (AvgIpc) is 3.51. The lowest BCUT2D eigenvalue weighted by molar-refractivity contribution is 0.266. The van der Waals surface area contributed by atoms with Gasteiger partial charge in [-0.15, -0.1) is 11.3 Å². The zero-order valence-corrected chi connectivity index (χ0v) is 19.0. The average molecular weight is 466 g/mol. The summed E-state index contributed by atoms with van der Waals surface area (Å²) in [5.74, 6) is 2.04. The van der Waals surface area contributed by atoms with Crippen molar-refractivity contribution in [2.24, 2.45) is 0 Å². The third-order valence-electron chi connectivity index (χ3n) is 5.19. The van der Waals surface area contributed by atoms with E-state index in [1.165, 1.54) is 37.0 Å². The Kier molecular flexibility index (Phi) is 6.17. The van der Waals surface area contributed by atoms with Crippen LogP contribution in [-0.2, 0) is 10.0 Å². The largest absolute Gasteiger partial charge is 0.493 e. The van der Waals surface area contributed by atoms with Crippen LogP contribution < -0.4 is 14.2 Å². The van der Waals surface area contributed by atoms with Crippen molar-refractivity contribution < 1.29 is 27.2 Å². The third-order valence-corrected chi connectivity index (χ3v) is 8.43. The van der Waals surface area contributed by atoms with E-state index in [1.54, 1.807) is 29.6 Å². The number of benzene rings is 1. The Morgan fingerprint density at radius 3 is 2.52 bits per heavy atom. The van der Waals surface area contributed by atoms with Crippen molar-refractivity contribution in [1.82, 2.24) is 14.4 Å². The van der Waals surface area contributed by atoms with Crippen molar-refractivity contribution in [3.8, 4) is 28.6 Å². The molecule has 3 aromatic rings. The highest BCUT2D eigenvalue weighted by atomic mass is 32.2. The summed E-state index contributed by atoms with van der Waals surface area (Å²) in [6, 6.07) is 6.84. The van der Waals surface area contributed by atoms with Crippen molar-refractivity contribution >= 4 is 21.4 Å². The van der Waals surface area contributed by atoms with Gasteiger partial charge in [-0.3, -0.25) is 0 Å². The summed E-state index contributed by atoms with van der Waals surface area (Å²) >= 11 is 1.22. The first kappa shape index (κ1) is 21.6. The number of sulfonamides is 1. The Bertz CT molecular complexity index is 1120. The number of nitrogens with zero attached hydrogens (tertiary/aromatic N) is 3. The van der Waals surface area contributed by atoms with Gasteiger partial charge in [0.05, 0.1) is 27.2 Å². The van der Waals surface area contributed by atoms with Gasteiger partial charge in [0, 0.05) is 18.7 Å². The zero-order valence-electron chi connectivity index (χ0n) is 17.4. The summed E-state index contributed by atoms with van der Waals surface area (Å²) in [4.78, 5) is 4.54. The van der Waals surface area contributed by atoms with E-state index in [4.69, 9.17) is 18.7 Å². The van der Waals surface area contributed by atoms with Crippen LogP contribution in [0.15, 0.2) is 38.4 Å². The van der Waals surface area contributed by atoms with E-state index in [9.17, 15) is 8.42 Å². The number of thiophene rings is 1. The summed E-state index contributed by atoms with van der Waals surface area (Å²) in [5.41, 5.74) is 0.642. The van der Waals surface area contributed by atoms with Crippen molar-refractivity contribution in [2.75, 3.05) is 34.4 Å². The summed E-state index contributed by atoms with van der Waals surface area (Å²) in [6.45, 7) is 0.779. The van der Waals surface area contributed by atoms with Crippen LogP contribution in [0.4, 0.5) is 0 Å². The molecule has 0 unspecified atom stereocenters. The topological polar surface area (TPSA) is 104 Å². The molecule has 0 N–H and O–H groups in total. The monoisotopic (exact) mass is 465 g/mol. The molecule has 1 aliphatic heterocycles. The fourth-order valence-corrected chi connectivity index (χ4v) is 6.30. The fourth-order valence-electron chi connectivity index (χ4n) is 3.63. The van der Waals surface area contributed by atoms with Crippen LogP contribution in [-0.4, -0.2) is 57.3 Å². The van der Waals surface area contributed by atoms with Gasteiger partial charge in [0.15, 0.2) is 11.5 Å². The number of ether oxygens (including phenoxy) is 3. The van der Waals surface area contributed by atoms with Crippen LogP contribution >= 0.6 is 11.3 Å². The number of aromatic nitrogens is 2. The van der Waals surface area contributed by atoms with Crippen molar-refractivity contribution in [3.05, 3.63) is 35.5 Å². The molecule has 0 radical (unpaired) electrons. The maximum atomic E-state index is 12.9. The van der Waals surface area contributed by atoms with Gasteiger partial charge in [-0.05, 0) is 36.4 Å². The molecule has 166 valence electrons. The molecule has 2 aromatic heterocycles. The van der Waals surface area contributed by atoms with Gasteiger partial charge in [-0.25, -0.2) is 8.42 Å². The standard InChI is InChI=1S/C20H23N3O6S2/c1-26-15-10-14(11-16(27-2)18(15)28-3)19-21-20(29-22-19)13-6-4-8-23(12-13)31(24,25)17-7-5-9-30-17/h5,7,9-11,13H,4,6,8,12H2,1-3H3/t13-/m0/s1. The van der Waals surface area contributed by atoms with E-state index >= 15 is 0 Å². The summed E-state index contributed by atoms with van der Waals surface area (Å²) in [5, 5.41) is 5.86. The molecule has 0 bridgehead atoms. The highest BCUT2D eigenvalue weighted by molar-refractivity contribution is 7.91. The lowest BCUT2D eigenvalue weighted by Gasteiger charge is -2.29. The van der Waals surface area contributed by atoms with Gasteiger partial charge in [0.1, 0.15) is 4.21 Å². The highest BCUT2D eigenvalue weighted by Gasteiger charge is 2.34. The lowest BCUT2D eigenvalue weighted by atomic mass is 10.00. The predicted octanol–water partition coefficient (Wildman–Crippen LogP) is 3.39. The van der Waals surface area contributed by atoms with Gasteiger partial charge in [0.2, 0.25) is 17.5 Å². The minimum Gasteiger partial charge on any atom is -0.493 e. The van der Waals surface area contributed by atoms with Crippen molar-refractivity contribution in [1.29, 1.82) is 0 Å². The molecule has 4 rings (SSSR count). The van der Waals surface area contributed by atoms with Gasteiger partial charge >= 0.3 is 0 Å². The smallest absolute Gasteiger partial charge is 0.252 e. The zero-order chi connectivity index (χ0) is 22.0. The van der Waals surface area contributed by atoms with Crippen LogP contribution in [0.5, 0.6) is 17.2 Å². The highest BCUT2D eigenvalue weighted by Crippen LogP contribution is 2.41. The minimum atomic E-state index is -3.52. The lowest BCUT2D eigenvalue weighted by Crippen LogP contribution is -2.38. The Hall–Kier alpha value is -2.63. The molecule has 0 spiro atoms. The van der Waals surface area contributed by atoms with Crippen LogP contribution in [0.2, 0.25) is 0 Å². The van der Waals surface area contributed by atoms with Gasteiger partial charge in [-0.2, -0.15) is 9.29 Å². The third kappa shape index (κ3) is 4.12. The van der Waals surface area contributed by atoms with Crippen molar-refractivity contribution in [2.45, 2.75) is 23.0 Å². The Balaban J connectivity index is 1.59. The molecule has 0 amide bonds. The second-order valence-corrected chi connectivity index (χ2v) is 10.1. The normalized spacial score (nSPS) is 17.5. The first-order chi connectivity index (χ1) is 15.0. The van der Waals surface area contributed by atoms with Gasteiger partial charge < -0.3 is 18.7 Å².